The molecule has 1 aliphatic rings. The summed E-state index contributed by atoms with van der Waals surface area (Å²) in [7, 11) is 2.14. The summed E-state index contributed by atoms with van der Waals surface area (Å²) in [5.74, 6) is -0.571. The molecule has 22 heavy (non-hydrogen) atoms. The van der Waals surface area contributed by atoms with E-state index in [1.165, 1.54) is 0 Å². The van der Waals surface area contributed by atoms with E-state index in [0.29, 0.717) is 5.69 Å². The third-order valence-electron chi connectivity index (χ3n) is 4.04. The second-order valence-corrected chi connectivity index (χ2v) is 5.62. The quantitative estimate of drug-likeness (QED) is 0.848. The maximum Gasteiger partial charge on any atom is 0.271 e. The smallest absolute Gasteiger partial charge is 0.271 e. The Morgan fingerprint density at radius 3 is 2.68 bits per heavy atom. The third kappa shape index (κ3) is 3.00. The Balaban J connectivity index is 1.87. The van der Waals surface area contributed by atoms with Crippen molar-refractivity contribution in [3.8, 4) is 11.3 Å². The number of likely N-dealkylation sites (N-methyl/N-ethyl adjacent to an activating group) is 1. The molecule has 0 unspecified atom stereocenters. The molecule has 1 aromatic carbocycles. The highest BCUT2D eigenvalue weighted by Gasteiger charge is 2.20. The lowest BCUT2D eigenvalue weighted by atomic mass is 10.0. The molecule has 116 valence electrons. The fraction of sp³-hybridized carbons (Fsp3) is 0.400. The van der Waals surface area contributed by atoms with Crippen molar-refractivity contribution < 1.29 is 4.79 Å². The van der Waals surface area contributed by atoms with Crippen molar-refractivity contribution in [3.63, 3.8) is 0 Å². The van der Waals surface area contributed by atoms with Gasteiger partial charge in [0.25, 0.3) is 5.91 Å². The van der Waals surface area contributed by atoms with Gasteiger partial charge in [0, 0.05) is 38.3 Å². The summed E-state index contributed by atoms with van der Waals surface area (Å²) >= 11 is 0. The maximum atomic E-state index is 11.5. The summed E-state index contributed by atoms with van der Waals surface area (Å²) in [6.07, 6.45) is 0. The number of benzene rings is 1. The molecule has 2 aromatic rings. The average molecular weight is 300 g/mol. The monoisotopic (exact) mass is 300 g/mol. The zero-order chi connectivity index (χ0) is 15.5. The number of carbonyl (C=O) groups excluding carboxylic acids is 1. The SMILES string of the molecule is CN1CCN(Cc2ccccc2-c2n[nH]nc2C(N)=O)CC1. The maximum absolute atomic E-state index is 11.5. The molecule has 3 rings (SSSR count). The number of hydrogen-bond acceptors (Lipinski definition) is 5. The van der Waals surface area contributed by atoms with Gasteiger partial charge in [0.05, 0.1) is 0 Å². The number of piperazine rings is 1. The molecule has 1 saturated heterocycles. The van der Waals surface area contributed by atoms with Gasteiger partial charge in [-0.2, -0.15) is 15.4 Å². The number of nitrogens with two attached hydrogens (primary N) is 1. The van der Waals surface area contributed by atoms with E-state index < -0.39 is 5.91 Å². The fourth-order valence-electron chi connectivity index (χ4n) is 2.73. The molecule has 0 spiro atoms. The first-order valence-corrected chi connectivity index (χ1v) is 7.35. The number of nitrogens with one attached hydrogen (secondary N) is 1. The summed E-state index contributed by atoms with van der Waals surface area (Å²) in [6, 6.07) is 7.95. The second kappa shape index (κ2) is 6.25. The molecule has 0 aliphatic carbocycles. The van der Waals surface area contributed by atoms with E-state index in [0.717, 1.165) is 43.9 Å². The van der Waals surface area contributed by atoms with E-state index in [4.69, 9.17) is 5.73 Å². The summed E-state index contributed by atoms with van der Waals surface area (Å²) in [5, 5.41) is 10.5. The lowest BCUT2D eigenvalue weighted by Crippen LogP contribution is -2.43. The van der Waals surface area contributed by atoms with Gasteiger partial charge in [0.15, 0.2) is 5.69 Å². The number of primary amides is 1. The molecule has 0 radical (unpaired) electrons. The number of nitrogens with zero attached hydrogens (tertiary/aromatic N) is 4. The first-order valence-electron chi connectivity index (χ1n) is 7.35. The van der Waals surface area contributed by atoms with Gasteiger partial charge >= 0.3 is 0 Å². The average Bonchev–Trinajstić information content (AvgIpc) is 3.00. The normalized spacial score (nSPS) is 16.8. The number of rotatable bonds is 4. The van der Waals surface area contributed by atoms with Crippen LogP contribution in [0.3, 0.4) is 0 Å². The van der Waals surface area contributed by atoms with E-state index in [1.54, 1.807) is 0 Å². The van der Waals surface area contributed by atoms with Crippen LogP contribution in [0, 0.1) is 0 Å². The van der Waals surface area contributed by atoms with Gasteiger partial charge in [-0.15, -0.1) is 0 Å². The van der Waals surface area contributed by atoms with Gasteiger partial charge in [-0.3, -0.25) is 9.69 Å². The number of hydrogen-bond donors (Lipinski definition) is 2. The molecular formula is C15H20N6O. The molecule has 1 fully saturated rings. The van der Waals surface area contributed by atoms with Crippen molar-refractivity contribution in [1.29, 1.82) is 0 Å². The molecule has 2 heterocycles. The van der Waals surface area contributed by atoms with Crippen LogP contribution in [0.5, 0.6) is 0 Å². The summed E-state index contributed by atoms with van der Waals surface area (Å²) in [6.45, 7) is 5.03. The Hall–Kier alpha value is -2.25. The number of carbonyl (C=O) groups is 1. The van der Waals surface area contributed by atoms with Crippen LogP contribution >= 0.6 is 0 Å². The van der Waals surface area contributed by atoms with Crippen molar-refractivity contribution in [1.82, 2.24) is 25.2 Å². The topological polar surface area (TPSA) is 91.1 Å². The van der Waals surface area contributed by atoms with Crippen LogP contribution in [0.15, 0.2) is 24.3 Å². The van der Waals surface area contributed by atoms with Crippen LogP contribution < -0.4 is 5.73 Å². The van der Waals surface area contributed by atoms with E-state index in [2.05, 4.69) is 38.3 Å². The molecule has 1 aliphatic heterocycles. The predicted octanol–water partition coefficient (Wildman–Crippen LogP) is 0.318. The van der Waals surface area contributed by atoms with Gasteiger partial charge in [-0.05, 0) is 12.6 Å². The van der Waals surface area contributed by atoms with Gasteiger partial charge in [-0.1, -0.05) is 24.3 Å². The lowest BCUT2D eigenvalue weighted by molar-refractivity contribution is 0.0996. The second-order valence-electron chi connectivity index (χ2n) is 5.62. The first-order chi connectivity index (χ1) is 10.6. The van der Waals surface area contributed by atoms with Crippen molar-refractivity contribution >= 4 is 5.91 Å². The number of aromatic nitrogens is 3. The van der Waals surface area contributed by atoms with Crippen molar-refractivity contribution in [2.24, 2.45) is 5.73 Å². The Morgan fingerprint density at radius 2 is 1.95 bits per heavy atom. The van der Waals surface area contributed by atoms with Gasteiger partial charge in [0.2, 0.25) is 0 Å². The van der Waals surface area contributed by atoms with Crippen molar-refractivity contribution in [3.05, 3.63) is 35.5 Å². The number of aromatic amines is 1. The largest absolute Gasteiger partial charge is 0.364 e. The Kier molecular flexibility index (Phi) is 4.17. The Labute approximate surface area is 129 Å². The molecule has 7 nitrogen and oxygen atoms in total. The number of H-pyrrole nitrogens is 1. The highest BCUT2D eigenvalue weighted by atomic mass is 16.1. The van der Waals surface area contributed by atoms with Crippen LogP contribution in [0.2, 0.25) is 0 Å². The highest BCUT2D eigenvalue weighted by molar-refractivity contribution is 5.97. The first kappa shape index (κ1) is 14.7. The van der Waals surface area contributed by atoms with Crippen LogP contribution in [0.25, 0.3) is 11.3 Å². The molecule has 1 amide bonds. The molecule has 0 atom stereocenters. The molecule has 0 saturated carbocycles. The summed E-state index contributed by atoms with van der Waals surface area (Å²) in [4.78, 5) is 16.2. The zero-order valence-corrected chi connectivity index (χ0v) is 12.6. The van der Waals surface area contributed by atoms with E-state index in [9.17, 15) is 4.79 Å². The van der Waals surface area contributed by atoms with E-state index in [1.807, 2.05) is 18.2 Å². The van der Waals surface area contributed by atoms with Crippen LogP contribution in [-0.4, -0.2) is 64.3 Å². The van der Waals surface area contributed by atoms with E-state index in [-0.39, 0.29) is 5.69 Å². The minimum Gasteiger partial charge on any atom is -0.364 e. The minimum absolute atomic E-state index is 0.186. The Morgan fingerprint density at radius 1 is 1.23 bits per heavy atom. The zero-order valence-electron chi connectivity index (χ0n) is 12.6. The highest BCUT2D eigenvalue weighted by Crippen LogP contribution is 2.25. The molecular weight excluding hydrogens is 280 g/mol. The summed E-state index contributed by atoms with van der Waals surface area (Å²) in [5.41, 5.74) is 8.11. The number of amides is 1. The van der Waals surface area contributed by atoms with Crippen molar-refractivity contribution in [2.75, 3.05) is 33.2 Å². The predicted molar refractivity (Wildman–Crippen MR) is 83.1 cm³/mol. The van der Waals surface area contributed by atoms with Crippen LogP contribution in [0.4, 0.5) is 0 Å². The van der Waals surface area contributed by atoms with Gasteiger partial charge < -0.3 is 10.6 Å². The molecule has 0 bridgehead atoms. The lowest BCUT2D eigenvalue weighted by Gasteiger charge is -2.32. The molecule has 1 aromatic heterocycles. The summed E-state index contributed by atoms with van der Waals surface area (Å²) < 4.78 is 0. The minimum atomic E-state index is -0.571. The van der Waals surface area contributed by atoms with Crippen LogP contribution in [-0.2, 0) is 6.54 Å². The molecule has 7 heteroatoms. The third-order valence-corrected chi connectivity index (χ3v) is 4.04. The standard InChI is InChI=1S/C15H20N6O/c1-20-6-8-21(9-7-20)10-11-4-2-3-5-12(11)13-14(15(16)22)18-19-17-13/h2-5H,6-10H2,1H3,(H2,16,22)(H,17,18,19). The van der Waals surface area contributed by atoms with Crippen molar-refractivity contribution in [2.45, 2.75) is 6.54 Å². The van der Waals surface area contributed by atoms with Gasteiger partial charge in [0.1, 0.15) is 5.69 Å². The van der Waals surface area contributed by atoms with E-state index >= 15 is 0 Å². The molecule has 3 N–H and O–H groups in total. The van der Waals surface area contributed by atoms with Gasteiger partial charge in [-0.25, -0.2) is 0 Å². The Bertz CT molecular complexity index is 660. The van der Waals surface area contributed by atoms with Crippen LogP contribution in [0.1, 0.15) is 16.1 Å². The fourth-order valence-corrected chi connectivity index (χ4v) is 2.73.